The van der Waals surface area contributed by atoms with Gasteiger partial charge in [0.25, 0.3) is 0 Å². The van der Waals surface area contributed by atoms with Crippen molar-refractivity contribution in [3.05, 3.63) is 66.5 Å². The van der Waals surface area contributed by atoms with Crippen molar-refractivity contribution in [2.75, 3.05) is 10.6 Å². The van der Waals surface area contributed by atoms with Gasteiger partial charge in [-0.1, -0.05) is 84.2 Å². The number of alkyl halides is 3. The summed E-state index contributed by atoms with van der Waals surface area (Å²) in [6, 6.07) is 19.7. The van der Waals surface area contributed by atoms with Crippen LogP contribution in [0.2, 0.25) is 0 Å². The van der Waals surface area contributed by atoms with E-state index in [1.807, 2.05) is 65.6 Å². The van der Waals surface area contributed by atoms with Crippen molar-refractivity contribution in [1.82, 2.24) is 15.0 Å². The predicted molar refractivity (Wildman–Crippen MR) is 107 cm³/mol. The molecule has 0 atom stereocenters. The van der Waals surface area contributed by atoms with Crippen molar-refractivity contribution in [3.63, 3.8) is 0 Å². The molecular weight excluding hydrogens is 502 g/mol. The van der Waals surface area contributed by atoms with Crippen LogP contribution in [-0.2, 0) is 2.14 Å². The summed E-state index contributed by atoms with van der Waals surface area (Å²) < 4.78 is -0.780. The molecule has 2 N–H and O–H groups in total. The van der Waals surface area contributed by atoms with Gasteiger partial charge >= 0.3 is 0 Å². The Morgan fingerprint density at radius 1 is 0.750 bits per heavy atom. The summed E-state index contributed by atoms with van der Waals surface area (Å²) in [7, 11) is 0. The third-order valence-electron chi connectivity index (χ3n) is 3.12. The molecule has 0 aliphatic rings. The highest BCUT2D eigenvalue weighted by molar-refractivity contribution is 9.38. The third-order valence-corrected chi connectivity index (χ3v) is 4.19. The molecule has 0 aliphatic carbocycles. The van der Waals surface area contributed by atoms with E-state index in [9.17, 15) is 0 Å². The Balaban J connectivity index is 2.19. The van der Waals surface area contributed by atoms with Crippen LogP contribution in [0.4, 0.5) is 23.3 Å². The minimum atomic E-state index is -0.780. The molecule has 8 heteroatoms. The van der Waals surface area contributed by atoms with Gasteiger partial charge in [-0.2, -0.15) is 15.0 Å². The van der Waals surface area contributed by atoms with Crippen LogP contribution in [0.5, 0.6) is 0 Å². The van der Waals surface area contributed by atoms with Crippen LogP contribution in [0.1, 0.15) is 5.82 Å². The second-order valence-corrected chi connectivity index (χ2v) is 11.6. The molecule has 0 bridgehead atoms. The molecular formula is C16H12Br3N5. The van der Waals surface area contributed by atoms with Crippen LogP contribution in [0.25, 0.3) is 0 Å². The van der Waals surface area contributed by atoms with Gasteiger partial charge in [0, 0.05) is 11.4 Å². The molecule has 0 saturated heterocycles. The van der Waals surface area contributed by atoms with Crippen LogP contribution < -0.4 is 10.6 Å². The minimum absolute atomic E-state index is 0.134. The molecule has 0 aliphatic heterocycles. The van der Waals surface area contributed by atoms with Crippen LogP contribution in [0, 0.1) is 0 Å². The molecule has 3 rings (SSSR count). The van der Waals surface area contributed by atoms with Crippen molar-refractivity contribution in [2.24, 2.45) is 0 Å². The number of hydrogen-bond donors (Lipinski definition) is 1. The number of halogens is 3. The summed E-state index contributed by atoms with van der Waals surface area (Å²) in [5.41, 5.74) is 7.74. The molecule has 0 fully saturated rings. The van der Waals surface area contributed by atoms with E-state index in [4.69, 9.17) is 5.73 Å². The van der Waals surface area contributed by atoms with E-state index >= 15 is 0 Å². The first-order valence-corrected chi connectivity index (χ1v) is 9.32. The zero-order chi connectivity index (χ0) is 17.2. The molecule has 122 valence electrons. The SMILES string of the molecule is Nc1nc(N(c2ccccc2)c2ccccc2)nc(C(Br)(Br)Br)n1. The molecule has 1 heterocycles. The summed E-state index contributed by atoms with van der Waals surface area (Å²) in [4.78, 5) is 14.9. The fourth-order valence-corrected chi connectivity index (χ4v) is 2.67. The first kappa shape index (κ1) is 17.3. The van der Waals surface area contributed by atoms with E-state index in [0.717, 1.165) is 11.4 Å². The van der Waals surface area contributed by atoms with Crippen LogP contribution in [0.3, 0.4) is 0 Å². The predicted octanol–water partition coefficient (Wildman–Crippen LogP) is 5.22. The number of anilines is 4. The monoisotopic (exact) mass is 511 g/mol. The van der Waals surface area contributed by atoms with E-state index in [1.165, 1.54) is 0 Å². The standard InChI is InChI=1S/C16H12Br3N5/c17-16(18,19)13-21-14(20)23-15(22-13)24(11-7-3-1-4-8-11)12-9-5-2-6-10-12/h1-10H,(H2,20,21,22,23). The van der Waals surface area contributed by atoms with Crippen LogP contribution in [0.15, 0.2) is 60.7 Å². The zero-order valence-electron chi connectivity index (χ0n) is 12.3. The Hall–Kier alpha value is -1.51. The fourth-order valence-electron chi connectivity index (χ4n) is 2.14. The lowest BCUT2D eigenvalue weighted by atomic mass is 10.2. The number of benzene rings is 2. The van der Waals surface area contributed by atoms with Gasteiger partial charge in [-0.15, -0.1) is 0 Å². The molecule has 0 spiro atoms. The summed E-state index contributed by atoms with van der Waals surface area (Å²) in [5, 5.41) is 0. The molecule has 0 unspecified atom stereocenters. The lowest BCUT2D eigenvalue weighted by molar-refractivity contribution is 0.944. The molecule has 2 aromatic carbocycles. The molecule has 5 nitrogen and oxygen atoms in total. The van der Waals surface area contributed by atoms with Crippen LogP contribution >= 0.6 is 47.8 Å². The van der Waals surface area contributed by atoms with Gasteiger partial charge < -0.3 is 5.73 Å². The lowest BCUT2D eigenvalue weighted by Crippen LogP contribution is -2.18. The van der Waals surface area contributed by atoms with E-state index in [2.05, 4.69) is 62.7 Å². The van der Waals surface area contributed by atoms with Gasteiger partial charge in [0.05, 0.1) is 0 Å². The van der Waals surface area contributed by atoms with Gasteiger partial charge in [-0.3, -0.25) is 4.90 Å². The van der Waals surface area contributed by atoms with Gasteiger partial charge in [0.15, 0.2) is 7.97 Å². The molecule has 0 radical (unpaired) electrons. The highest BCUT2D eigenvalue weighted by Crippen LogP contribution is 2.43. The van der Waals surface area contributed by atoms with Crippen molar-refractivity contribution in [3.8, 4) is 0 Å². The smallest absolute Gasteiger partial charge is 0.239 e. The Bertz CT molecular complexity index is 783. The van der Waals surface area contributed by atoms with Crippen molar-refractivity contribution in [1.29, 1.82) is 0 Å². The zero-order valence-corrected chi connectivity index (χ0v) is 17.0. The maximum Gasteiger partial charge on any atom is 0.239 e. The van der Waals surface area contributed by atoms with E-state index < -0.39 is 2.14 Å². The summed E-state index contributed by atoms with van der Waals surface area (Å²) >= 11 is 10.3. The minimum Gasteiger partial charge on any atom is -0.368 e. The summed E-state index contributed by atoms with van der Waals surface area (Å²) in [6.45, 7) is 0. The third kappa shape index (κ3) is 3.93. The van der Waals surface area contributed by atoms with Crippen LogP contribution in [-0.4, -0.2) is 15.0 Å². The van der Waals surface area contributed by atoms with Gasteiger partial charge in [-0.25, -0.2) is 0 Å². The molecule has 1 aromatic heterocycles. The largest absolute Gasteiger partial charge is 0.368 e. The Morgan fingerprint density at radius 2 is 1.25 bits per heavy atom. The highest BCUT2D eigenvalue weighted by atomic mass is 80.0. The fraction of sp³-hybridized carbons (Fsp3) is 0.0625. The summed E-state index contributed by atoms with van der Waals surface area (Å²) in [5.74, 6) is 0.981. The van der Waals surface area contributed by atoms with Gasteiger partial charge in [-0.05, 0) is 24.3 Å². The highest BCUT2D eigenvalue weighted by Gasteiger charge is 2.27. The number of aromatic nitrogens is 3. The Morgan fingerprint density at radius 3 is 1.71 bits per heavy atom. The topological polar surface area (TPSA) is 67.9 Å². The number of nitrogens with zero attached hydrogens (tertiary/aromatic N) is 4. The molecule has 24 heavy (non-hydrogen) atoms. The normalized spacial score (nSPS) is 11.3. The van der Waals surface area contributed by atoms with Gasteiger partial charge in [0.2, 0.25) is 11.9 Å². The average Bonchev–Trinajstić information content (AvgIpc) is 2.56. The Kier molecular flexibility index (Phi) is 5.17. The van der Waals surface area contributed by atoms with Crippen molar-refractivity contribution < 1.29 is 0 Å². The lowest BCUT2D eigenvalue weighted by Gasteiger charge is -2.24. The van der Waals surface area contributed by atoms with E-state index in [-0.39, 0.29) is 5.95 Å². The van der Waals surface area contributed by atoms with Crippen molar-refractivity contribution in [2.45, 2.75) is 2.14 Å². The molecule has 0 saturated carbocycles. The number of hydrogen-bond acceptors (Lipinski definition) is 5. The number of para-hydroxylation sites is 2. The maximum atomic E-state index is 5.90. The second-order valence-electron chi connectivity index (χ2n) is 4.82. The number of rotatable bonds is 3. The second kappa shape index (κ2) is 7.16. The quantitative estimate of drug-likeness (QED) is 0.486. The van der Waals surface area contributed by atoms with Crippen molar-refractivity contribution >= 4 is 71.1 Å². The van der Waals surface area contributed by atoms with Gasteiger partial charge in [0.1, 0.15) is 0 Å². The molecule has 0 amide bonds. The first-order chi connectivity index (χ1) is 11.4. The number of nitrogens with two attached hydrogens (primary N) is 1. The first-order valence-electron chi connectivity index (χ1n) is 6.94. The summed E-state index contributed by atoms with van der Waals surface area (Å²) in [6.07, 6.45) is 0. The number of nitrogen functional groups attached to an aromatic ring is 1. The molecule has 3 aromatic rings. The Labute approximate surface area is 164 Å². The maximum absolute atomic E-state index is 5.90. The van der Waals surface area contributed by atoms with E-state index in [0.29, 0.717) is 11.8 Å². The van der Waals surface area contributed by atoms with E-state index in [1.54, 1.807) is 0 Å². The average molecular weight is 514 g/mol.